The molecule has 30 heavy (non-hydrogen) atoms. The van der Waals surface area contributed by atoms with Crippen molar-refractivity contribution in [1.29, 1.82) is 5.26 Å². The molecular weight excluding hydrogens is 382 g/mol. The SMILES string of the molecule is CCOC(=O)c1c(C=CC(=O)NCc2cccc(OCC#N)c2)c(C)n(CC)c1C. The first-order valence-corrected chi connectivity index (χ1v) is 9.84. The van der Waals surface area contributed by atoms with E-state index in [2.05, 4.69) is 5.32 Å². The maximum Gasteiger partial charge on any atom is 0.340 e. The van der Waals surface area contributed by atoms with Gasteiger partial charge in [0.2, 0.25) is 5.91 Å². The summed E-state index contributed by atoms with van der Waals surface area (Å²) in [4.78, 5) is 24.8. The molecule has 0 fully saturated rings. The third-order valence-corrected chi connectivity index (χ3v) is 4.70. The van der Waals surface area contributed by atoms with Crippen LogP contribution in [0.2, 0.25) is 0 Å². The van der Waals surface area contributed by atoms with E-state index in [4.69, 9.17) is 14.7 Å². The zero-order chi connectivity index (χ0) is 22.1. The van der Waals surface area contributed by atoms with Crippen molar-refractivity contribution >= 4 is 18.0 Å². The minimum atomic E-state index is -0.389. The molecular formula is C23H27N3O4. The van der Waals surface area contributed by atoms with Gasteiger partial charge in [0.05, 0.1) is 12.2 Å². The second-order valence-corrected chi connectivity index (χ2v) is 6.57. The number of carbonyl (C=O) groups is 2. The molecule has 0 saturated carbocycles. The Balaban J connectivity index is 2.13. The largest absolute Gasteiger partial charge is 0.479 e. The van der Waals surface area contributed by atoms with Gasteiger partial charge in [-0.15, -0.1) is 0 Å². The van der Waals surface area contributed by atoms with E-state index >= 15 is 0 Å². The highest BCUT2D eigenvalue weighted by Gasteiger charge is 2.22. The molecule has 7 nitrogen and oxygen atoms in total. The van der Waals surface area contributed by atoms with Gasteiger partial charge in [-0.3, -0.25) is 4.79 Å². The molecule has 0 spiro atoms. The van der Waals surface area contributed by atoms with Gasteiger partial charge in [0, 0.05) is 36.1 Å². The summed E-state index contributed by atoms with van der Waals surface area (Å²) in [6.45, 7) is 8.85. The Hall–Kier alpha value is -3.53. The van der Waals surface area contributed by atoms with Crippen LogP contribution in [-0.4, -0.2) is 29.7 Å². The van der Waals surface area contributed by atoms with Crippen LogP contribution < -0.4 is 10.1 Å². The van der Waals surface area contributed by atoms with Crippen LogP contribution in [0, 0.1) is 25.2 Å². The zero-order valence-electron chi connectivity index (χ0n) is 17.8. The van der Waals surface area contributed by atoms with Crippen LogP contribution in [0.4, 0.5) is 0 Å². The number of nitriles is 1. The number of carbonyl (C=O) groups excluding carboxylic acids is 2. The van der Waals surface area contributed by atoms with Crippen LogP contribution >= 0.6 is 0 Å². The zero-order valence-corrected chi connectivity index (χ0v) is 17.8. The smallest absolute Gasteiger partial charge is 0.340 e. The summed E-state index contributed by atoms with van der Waals surface area (Å²) in [6, 6.07) is 9.10. The number of benzene rings is 1. The number of nitrogens with zero attached hydrogens (tertiary/aromatic N) is 2. The first kappa shape index (κ1) is 22.8. The molecule has 0 aliphatic carbocycles. The molecule has 1 amide bonds. The molecule has 7 heteroatoms. The third-order valence-electron chi connectivity index (χ3n) is 4.70. The van der Waals surface area contributed by atoms with Gasteiger partial charge in [-0.1, -0.05) is 12.1 Å². The predicted molar refractivity (Wildman–Crippen MR) is 114 cm³/mol. The number of hydrogen-bond acceptors (Lipinski definition) is 5. The van der Waals surface area contributed by atoms with Crippen LogP contribution in [0.3, 0.4) is 0 Å². The Morgan fingerprint density at radius 1 is 1.23 bits per heavy atom. The maximum atomic E-state index is 12.4. The Bertz CT molecular complexity index is 983. The molecule has 1 aromatic carbocycles. The predicted octanol–water partition coefficient (Wildman–Crippen LogP) is 3.53. The minimum Gasteiger partial charge on any atom is -0.479 e. The molecule has 0 unspecified atom stereocenters. The molecule has 0 bridgehead atoms. The number of amides is 1. The van der Waals surface area contributed by atoms with E-state index in [1.54, 1.807) is 31.2 Å². The standard InChI is InChI=1S/C23H27N3O4/c1-5-26-16(3)20(22(17(26)4)23(28)29-6-2)10-11-21(27)25-15-18-8-7-9-19(14-18)30-13-12-24/h7-11,14H,5-6,13,15H2,1-4H3,(H,25,27). The fourth-order valence-corrected chi connectivity index (χ4v) is 3.31. The molecule has 1 heterocycles. The van der Waals surface area contributed by atoms with Gasteiger partial charge in [0.25, 0.3) is 0 Å². The quantitative estimate of drug-likeness (QED) is 0.505. The van der Waals surface area contributed by atoms with Crippen molar-refractivity contribution < 1.29 is 19.1 Å². The summed E-state index contributed by atoms with van der Waals surface area (Å²) in [5, 5.41) is 11.4. The van der Waals surface area contributed by atoms with Crippen molar-refractivity contribution in [3.8, 4) is 11.8 Å². The van der Waals surface area contributed by atoms with Gasteiger partial charge < -0.3 is 19.4 Å². The second kappa shape index (κ2) is 10.9. The summed E-state index contributed by atoms with van der Waals surface area (Å²) < 4.78 is 12.5. The Morgan fingerprint density at radius 2 is 2.00 bits per heavy atom. The molecule has 1 aromatic heterocycles. The van der Waals surface area contributed by atoms with Gasteiger partial charge >= 0.3 is 5.97 Å². The van der Waals surface area contributed by atoms with E-state index in [1.807, 2.05) is 37.5 Å². The molecule has 2 aromatic rings. The fraction of sp³-hybridized carbons (Fsp3) is 0.348. The summed E-state index contributed by atoms with van der Waals surface area (Å²) in [7, 11) is 0. The van der Waals surface area contributed by atoms with Crippen molar-refractivity contribution in [3.63, 3.8) is 0 Å². The molecule has 1 N–H and O–H groups in total. The summed E-state index contributed by atoms with van der Waals surface area (Å²) in [5.41, 5.74) is 3.76. The van der Waals surface area contributed by atoms with Crippen molar-refractivity contribution in [2.24, 2.45) is 0 Å². The normalized spacial score (nSPS) is 10.6. The van der Waals surface area contributed by atoms with Gasteiger partial charge in [-0.05, 0) is 51.5 Å². The number of rotatable bonds is 9. The second-order valence-electron chi connectivity index (χ2n) is 6.57. The molecule has 0 aliphatic heterocycles. The number of hydrogen-bond donors (Lipinski definition) is 1. The average Bonchev–Trinajstić information content (AvgIpc) is 2.98. The molecule has 0 radical (unpaired) electrons. The van der Waals surface area contributed by atoms with Crippen molar-refractivity contribution in [3.05, 3.63) is 58.4 Å². The van der Waals surface area contributed by atoms with E-state index in [1.165, 1.54) is 6.08 Å². The summed E-state index contributed by atoms with van der Waals surface area (Å²) >= 11 is 0. The first-order valence-electron chi connectivity index (χ1n) is 9.84. The van der Waals surface area contributed by atoms with Gasteiger partial charge in [0.1, 0.15) is 11.8 Å². The van der Waals surface area contributed by atoms with Crippen LogP contribution in [0.5, 0.6) is 5.75 Å². The highest BCUT2D eigenvalue weighted by Crippen LogP contribution is 2.25. The lowest BCUT2D eigenvalue weighted by molar-refractivity contribution is -0.116. The summed E-state index contributed by atoms with van der Waals surface area (Å²) in [6.07, 6.45) is 3.07. The van der Waals surface area contributed by atoms with Crippen molar-refractivity contribution in [2.45, 2.75) is 40.8 Å². The van der Waals surface area contributed by atoms with Gasteiger partial charge in [-0.2, -0.15) is 5.26 Å². The number of nitrogens with one attached hydrogen (secondary N) is 1. The van der Waals surface area contributed by atoms with Crippen LogP contribution in [0.25, 0.3) is 6.08 Å². The van der Waals surface area contributed by atoms with E-state index in [0.717, 1.165) is 17.0 Å². The van der Waals surface area contributed by atoms with Gasteiger partial charge in [-0.25, -0.2) is 4.79 Å². The third kappa shape index (κ3) is 5.51. The number of aromatic nitrogens is 1. The lowest BCUT2D eigenvalue weighted by Gasteiger charge is -2.06. The fourth-order valence-electron chi connectivity index (χ4n) is 3.31. The lowest BCUT2D eigenvalue weighted by atomic mass is 10.1. The minimum absolute atomic E-state index is 0.0302. The Morgan fingerprint density at radius 3 is 2.67 bits per heavy atom. The van der Waals surface area contributed by atoms with E-state index in [-0.39, 0.29) is 25.1 Å². The first-order chi connectivity index (χ1) is 14.4. The van der Waals surface area contributed by atoms with Crippen LogP contribution in [0.15, 0.2) is 30.3 Å². The van der Waals surface area contributed by atoms with Crippen LogP contribution in [0.1, 0.15) is 46.7 Å². The highest BCUT2D eigenvalue weighted by atomic mass is 16.5. The molecule has 0 aliphatic rings. The maximum absolute atomic E-state index is 12.4. The average molecular weight is 409 g/mol. The van der Waals surface area contributed by atoms with Crippen molar-refractivity contribution in [2.75, 3.05) is 13.2 Å². The number of ether oxygens (including phenoxy) is 2. The molecule has 0 atom stereocenters. The van der Waals surface area contributed by atoms with E-state index in [9.17, 15) is 9.59 Å². The van der Waals surface area contributed by atoms with E-state index < -0.39 is 0 Å². The van der Waals surface area contributed by atoms with Gasteiger partial charge in [0.15, 0.2) is 6.61 Å². The van der Waals surface area contributed by atoms with E-state index in [0.29, 0.717) is 30.0 Å². The topological polar surface area (TPSA) is 93.4 Å². The summed E-state index contributed by atoms with van der Waals surface area (Å²) in [5.74, 6) is -0.0982. The number of esters is 1. The Labute approximate surface area is 176 Å². The molecule has 2 rings (SSSR count). The molecule has 0 saturated heterocycles. The lowest BCUT2D eigenvalue weighted by Crippen LogP contribution is -2.20. The monoisotopic (exact) mass is 409 g/mol. The van der Waals surface area contributed by atoms with Crippen LogP contribution in [-0.2, 0) is 22.6 Å². The Kier molecular flexibility index (Phi) is 8.24. The van der Waals surface area contributed by atoms with Crippen molar-refractivity contribution in [1.82, 2.24) is 9.88 Å². The molecule has 158 valence electrons. The highest BCUT2D eigenvalue weighted by molar-refractivity contribution is 5.98.